The smallest absolute Gasteiger partial charge is 0.261 e. The molecule has 24 heavy (non-hydrogen) atoms. The first-order chi connectivity index (χ1) is 11.2. The number of H-pyrrole nitrogens is 1. The van der Waals surface area contributed by atoms with Gasteiger partial charge in [-0.1, -0.05) is 29.8 Å². The predicted molar refractivity (Wildman–Crippen MR) is 95.6 cm³/mol. The normalized spacial score (nSPS) is 15.7. The van der Waals surface area contributed by atoms with Gasteiger partial charge in [-0.05, 0) is 42.2 Å². The van der Waals surface area contributed by atoms with Crippen LogP contribution in [0.15, 0.2) is 39.6 Å². The second-order valence-electron chi connectivity index (χ2n) is 6.81. The van der Waals surface area contributed by atoms with Gasteiger partial charge in [-0.3, -0.25) is 14.4 Å². The molecule has 1 aliphatic rings. The van der Waals surface area contributed by atoms with E-state index in [1.54, 1.807) is 24.3 Å². The van der Waals surface area contributed by atoms with E-state index in [0.717, 1.165) is 4.47 Å². The zero-order valence-corrected chi connectivity index (χ0v) is 15.0. The lowest BCUT2D eigenvalue weighted by atomic mass is 9.75. The van der Waals surface area contributed by atoms with Crippen molar-refractivity contribution in [2.24, 2.45) is 5.41 Å². The number of aromatic nitrogens is 1. The molecule has 1 amide bonds. The van der Waals surface area contributed by atoms with Gasteiger partial charge in [0.25, 0.3) is 11.5 Å². The van der Waals surface area contributed by atoms with Crippen LogP contribution in [0.25, 0.3) is 0 Å². The fraction of sp³-hybridized carbons (Fsp3) is 0.278. The van der Waals surface area contributed by atoms with E-state index in [-0.39, 0.29) is 16.8 Å². The lowest BCUT2D eigenvalue weighted by molar-refractivity contribution is 0.0910. The molecule has 1 aliphatic carbocycles. The molecule has 0 aliphatic heterocycles. The zero-order chi connectivity index (χ0) is 17.5. The van der Waals surface area contributed by atoms with Crippen molar-refractivity contribution in [3.8, 4) is 0 Å². The van der Waals surface area contributed by atoms with Crippen molar-refractivity contribution < 1.29 is 9.59 Å². The van der Waals surface area contributed by atoms with Crippen molar-refractivity contribution in [3.63, 3.8) is 0 Å². The van der Waals surface area contributed by atoms with Crippen LogP contribution < -0.4 is 10.9 Å². The largest absolute Gasteiger partial charge is 0.325 e. The summed E-state index contributed by atoms with van der Waals surface area (Å²) in [7, 11) is 0. The molecule has 0 fully saturated rings. The van der Waals surface area contributed by atoms with E-state index >= 15 is 0 Å². The van der Waals surface area contributed by atoms with E-state index in [4.69, 9.17) is 0 Å². The number of rotatable bonds is 2. The maximum atomic E-state index is 12.4. The minimum Gasteiger partial charge on any atom is -0.325 e. The molecule has 2 aromatic rings. The lowest BCUT2D eigenvalue weighted by Gasteiger charge is -2.29. The van der Waals surface area contributed by atoms with E-state index < -0.39 is 11.5 Å². The molecule has 1 heterocycles. The van der Waals surface area contributed by atoms with Crippen LogP contribution >= 0.6 is 15.9 Å². The highest BCUT2D eigenvalue weighted by Crippen LogP contribution is 2.33. The first-order valence-corrected chi connectivity index (χ1v) is 8.41. The second kappa shape index (κ2) is 6.02. The summed E-state index contributed by atoms with van der Waals surface area (Å²) in [5.74, 6) is -0.575. The number of fused-ring (bicyclic) bond motifs is 1. The number of benzene rings is 1. The number of carbonyl (C=O) groups is 2. The van der Waals surface area contributed by atoms with Crippen molar-refractivity contribution in [3.05, 3.63) is 62.0 Å². The monoisotopic (exact) mass is 388 g/mol. The molecule has 6 heteroatoms. The Balaban J connectivity index is 1.93. The highest BCUT2D eigenvalue weighted by atomic mass is 79.9. The minimum absolute atomic E-state index is 0.0461. The molecule has 0 saturated heterocycles. The molecule has 124 valence electrons. The maximum Gasteiger partial charge on any atom is 0.261 e. The van der Waals surface area contributed by atoms with E-state index in [1.165, 1.54) is 6.07 Å². The third-order valence-electron chi connectivity index (χ3n) is 4.06. The number of amides is 1. The van der Waals surface area contributed by atoms with Crippen molar-refractivity contribution in [1.29, 1.82) is 0 Å². The third-order valence-corrected chi connectivity index (χ3v) is 4.59. The number of pyridine rings is 1. The molecule has 0 unspecified atom stereocenters. The van der Waals surface area contributed by atoms with Gasteiger partial charge >= 0.3 is 0 Å². The van der Waals surface area contributed by atoms with Gasteiger partial charge in [0.2, 0.25) is 0 Å². The summed E-state index contributed by atoms with van der Waals surface area (Å²) < 4.78 is 0.889. The van der Waals surface area contributed by atoms with Crippen LogP contribution in [0.5, 0.6) is 0 Å². The average Bonchev–Trinajstić information content (AvgIpc) is 2.47. The summed E-state index contributed by atoms with van der Waals surface area (Å²) in [6.07, 6.45) is 1.01. The van der Waals surface area contributed by atoms with Crippen LogP contribution in [0.3, 0.4) is 0 Å². The van der Waals surface area contributed by atoms with Gasteiger partial charge < -0.3 is 10.3 Å². The van der Waals surface area contributed by atoms with Crippen LogP contribution in [0.2, 0.25) is 0 Å². The SMILES string of the molecule is CC1(C)CC(=O)c2cc(C(=O)Nc3ccc(Br)cc3)c(=O)[nH]c2C1. The quantitative estimate of drug-likeness (QED) is 0.825. The highest BCUT2D eigenvalue weighted by molar-refractivity contribution is 9.10. The molecule has 0 spiro atoms. The number of anilines is 1. The number of ketones is 1. The van der Waals surface area contributed by atoms with Gasteiger partial charge in [-0.25, -0.2) is 0 Å². The second-order valence-corrected chi connectivity index (χ2v) is 7.72. The molecule has 3 rings (SSSR count). The molecule has 0 atom stereocenters. The number of Topliss-reactive ketones (excluding diaryl/α,β-unsaturated/α-hetero) is 1. The molecule has 0 saturated carbocycles. The Hall–Kier alpha value is -2.21. The van der Waals surface area contributed by atoms with E-state index in [9.17, 15) is 14.4 Å². The standard InChI is InChI=1S/C18H17BrN2O3/c1-18(2)8-14-12(15(22)9-18)7-13(17(24)21-14)16(23)20-11-5-3-10(19)4-6-11/h3-7H,8-9H2,1-2H3,(H,20,23)(H,21,24). The number of hydrogen-bond acceptors (Lipinski definition) is 3. The molecule has 0 bridgehead atoms. The summed E-state index contributed by atoms with van der Waals surface area (Å²) in [6.45, 7) is 3.97. The molecule has 1 aromatic carbocycles. The number of nitrogens with one attached hydrogen (secondary N) is 2. The summed E-state index contributed by atoms with van der Waals surface area (Å²) in [6, 6.07) is 8.45. The summed E-state index contributed by atoms with van der Waals surface area (Å²) in [5, 5.41) is 2.67. The molecule has 5 nitrogen and oxygen atoms in total. The Morgan fingerprint density at radius 2 is 1.83 bits per heavy atom. The summed E-state index contributed by atoms with van der Waals surface area (Å²) in [4.78, 5) is 39.7. The molecule has 1 aromatic heterocycles. The number of halogens is 1. The summed E-state index contributed by atoms with van der Waals surface area (Å²) >= 11 is 3.32. The van der Waals surface area contributed by atoms with Gasteiger partial charge in [-0.15, -0.1) is 0 Å². The van der Waals surface area contributed by atoms with Gasteiger partial charge in [0.1, 0.15) is 5.56 Å². The minimum atomic E-state index is -0.529. The Bertz CT molecular complexity index is 882. The third kappa shape index (κ3) is 3.33. The van der Waals surface area contributed by atoms with Crippen molar-refractivity contribution in [2.45, 2.75) is 26.7 Å². The average molecular weight is 389 g/mol. The predicted octanol–water partition coefficient (Wildman–Crippen LogP) is 3.54. The zero-order valence-electron chi connectivity index (χ0n) is 13.4. The first kappa shape index (κ1) is 16.6. The molecule has 2 N–H and O–H groups in total. The lowest BCUT2D eigenvalue weighted by Crippen LogP contribution is -2.32. The Morgan fingerprint density at radius 3 is 2.50 bits per heavy atom. The fourth-order valence-corrected chi connectivity index (χ4v) is 3.19. The van der Waals surface area contributed by atoms with Crippen LogP contribution in [-0.4, -0.2) is 16.7 Å². The number of aromatic amines is 1. The van der Waals surface area contributed by atoms with Gasteiger partial charge in [0.15, 0.2) is 5.78 Å². The van der Waals surface area contributed by atoms with Crippen molar-refractivity contribution >= 4 is 33.3 Å². The van der Waals surface area contributed by atoms with E-state index in [2.05, 4.69) is 26.2 Å². The molecular formula is C18H17BrN2O3. The van der Waals surface area contributed by atoms with Crippen LogP contribution in [0.4, 0.5) is 5.69 Å². The van der Waals surface area contributed by atoms with E-state index in [0.29, 0.717) is 29.8 Å². The Labute approximate surface area is 147 Å². The van der Waals surface area contributed by atoms with Crippen LogP contribution in [-0.2, 0) is 6.42 Å². The van der Waals surface area contributed by atoms with E-state index in [1.807, 2.05) is 13.8 Å². The number of carbonyl (C=O) groups excluding carboxylic acids is 2. The van der Waals surface area contributed by atoms with Gasteiger partial charge in [0.05, 0.1) is 0 Å². The highest BCUT2D eigenvalue weighted by Gasteiger charge is 2.32. The number of hydrogen-bond donors (Lipinski definition) is 2. The van der Waals surface area contributed by atoms with Crippen molar-refractivity contribution in [2.75, 3.05) is 5.32 Å². The maximum absolute atomic E-state index is 12.4. The Morgan fingerprint density at radius 1 is 1.17 bits per heavy atom. The van der Waals surface area contributed by atoms with Crippen LogP contribution in [0, 0.1) is 5.41 Å². The Kier molecular flexibility index (Phi) is 4.17. The molecule has 0 radical (unpaired) electrons. The van der Waals surface area contributed by atoms with Gasteiger partial charge in [0, 0.05) is 27.8 Å². The summed E-state index contributed by atoms with van der Waals surface area (Å²) in [5.41, 5.74) is 0.913. The van der Waals surface area contributed by atoms with Crippen LogP contribution in [0.1, 0.15) is 46.7 Å². The fourth-order valence-electron chi connectivity index (χ4n) is 2.93. The topological polar surface area (TPSA) is 79.0 Å². The van der Waals surface area contributed by atoms with Gasteiger partial charge in [-0.2, -0.15) is 0 Å². The molecular weight excluding hydrogens is 372 g/mol. The first-order valence-electron chi connectivity index (χ1n) is 7.61. The van der Waals surface area contributed by atoms with Crippen molar-refractivity contribution in [1.82, 2.24) is 4.98 Å².